The molecular weight excluding hydrogens is 775 g/mol. The summed E-state index contributed by atoms with van der Waals surface area (Å²) in [6.45, 7) is 11.5. The third-order valence-electron chi connectivity index (χ3n) is 10.3. The number of esters is 1. The first-order valence-corrected chi connectivity index (χ1v) is 21.2. The number of benzene rings is 3. The number of ether oxygens (including phenoxy) is 6. The number of nitrogens with zero attached hydrogens (tertiary/aromatic N) is 3. The number of nitriles is 1. The summed E-state index contributed by atoms with van der Waals surface area (Å²) in [6.07, 6.45) is -3.63. The van der Waals surface area contributed by atoms with Gasteiger partial charge in [0, 0.05) is 32.2 Å². The van der Waals surface area contributed by atoms with Crippen LogP contribution in [0.2, 0.25) is 0 Å². The van der Waals surface area contributed by atoms with Crippen molar-refractivity contribution in [2.75, 3.05) is 40.6 Å². The van der Waals surface area contributed by atoms with Gasteiger partial charge in [-0.05, 0) is 82.5 Å². The first-order chi connectivity index (χ1) is 28.2. The standard InChI is InChI=1S/C44H57N4O10P/c1-29(2)48(30(3)4)59(28-38(50)57-43(5,6)24-25-45)58-39-36(56-41(40(39)54-9)47-26-23-37(49)46-42(47)51)27-55-44(31-13-11-10-12-14-31,32-15-19-34(52-7)20-16-32)33-17-21-35(53-8)22-18-33/h10-22,29-30,36,39-41H,23-24,26-28H2,1-9H3,(H,46,49,51)/t36-,39-,40-,41-,59?/m1/s1. The lowest BCUT2D eigenvalue weighted by Gasteiger charge is -2.40. The fourth-order valence-electron chi connectivity index (χ4n) is 7.68. The molecule has 15 heteroatoms. The zero-order valence-electron chi connectivity index (χ0n) is 35.4. The molecule has 2 fully saturated rings. The summed E-state index contributed by atoms with van der Waals surface area (Å²) in [4.78, 5) is 40.7. The van der Waals surface area contributed by atoms with E-state index in [1.54, 1.807) is 28.1 Å². The van der Waals surface area contributed by atoms with Crippen LogP contribution in [0, 0.1) is 11.3 Å². The maximum Gasteiger partial charge on any atom is 0.326 e. The van der Waals surface area contributed by atoms with Crippen LogP contribution in [-0.2, 0) is 38.7 Å². The first-order valence-electron chi connectivity index (χ1n) is 19.8. The van der Waals surface area contributed by atoms with Crippen molar-refractivity contribution in [2.24, 2.45) is 0 Å². The largest absolute Gasteiger partial charge is 0.497 e. The summed E-state index contributed by atoms with van der Waals surface area (Å²) >= 11 is 0. The summed E-state index contributed by atoms with van der Waals surface area (Å²) in [6, 6.07) is 26.5. The SMILES string of the molecule is COc1ccc(C(OC[C@H]2O[C@@H](N3CCC(=O)NC3=O)[C@H](OC)[C@@H]2OP(CC(=O)OC(C)(C)CC#N)N(C(C)C)C(C)C)(c2ccccc2)c2ccc(OC)cc2)cc1. The molecule has 2 heterocycles. The van der Waals surface area contributed by atoms with E-state index in [9.17, 15) is 19.6 Å². The van der Waals surface area contributed by atoms with E-state index in [4.69, 9.17) is 32.9 Å². The maximum atomic E-state index is 13.7. The topological polar surface area (TPSA) is 158 Å². The number of carbonyl (C=O) groups excluding carboxylic acids is 3. The lowest BCUT2D eigenvalue weighted by molar-refractivity contribution is -0.152. The highest BCUT2D eigenvalue weighted by atomic mass is 31.2. The number of amides is 3. The van der Waals surface area contributed by atoms with Gasteiger partial charge in [-0.2, -0.15) is 5.26 Å². The summed E-state index contributed by atoms with van der Waals surface area (Å²) in [7, 11) is 2.98. The molecule has 3 aromatic carbocycles. The summed E-state index contributed by atoms with van der Waals surface area (Å²) < 4.78 is 46.4. The minimum absolute atomic E-state index is 0.0187. The minimum Gasteiger partial charge on any atom is -0.497 e. The van der Waals surface area contributed by atoms with Gasteiger partial charge < -0.3 is 32.9 Å². The van der Waals surface area contributed by atoms with Crippen molar-refractivity contribution in [1.29, 1.82) is 5.26 Å². The second kappa shape index (κ2) is 20.1. The zero-order valence-corrected chi connectivity index (χ0v) is 36.3. The molecule has 5 atom stereocenters. The van der Waals surface area contributed by atoms with Crippen LogP contribution in [0.5, 0.6) is 11.5 Å². The van der Waals surface area contributed by atoms with Crippen molar-refractivity contribution in [3.8, 4) is 17.6 Å². The van der Waals surface area contributed by atoms with Crippen molar-refractivity contribution in [1.82, 2.24) is 14.9 Å². The molecule has 14 nitrogen and oxygen atoms in total. The van der Waals surface area contributed by atoms with E-state index in [0.717, 1.165) is 16.7 Å². The Bertz CT molecular complexity index is 1850. The number of carbonyl (C=O) groups is 3. The molecule has 3 aromatic rings. The van der Waals surface area contributed by atoms with E-state index in [-0.39, 0.29) is 50.1 Å². The van der Waals surface area contributed by atoms with Gasteiger partial charge in [-0.25, -0.2) is 4.79 Å². The molecule has 2 aliphatic rings. The first kappa shape index (κ1) is 45.5. The summed E-state index contributed by atoms with van der Waals surface area (Å²) in [5, 5.41) is 11.8. The molecule has 0 bridgehead atoms. The number of hydrogen-bond donors (Lipinski definition) is 1. The van der Waals surface area contributed by atoms with Gasteiger partial charge in [0.25, 0.3) is 0 Å². The average Bonchev–Trinajstić information content (AvgIpc) is 3.54. The van der Waals surface area contributed by atoms with Gasteiger partial charge >= 0.3 is 12.0 Å². The zero-order chi connectivity index (χ0) is 42.9. The highest BCUT2D eigenvalue weighted by Crippen LogP contribution is 2.50. The normalized spacial score (nSPS) is 20.4. The van der Waals surface area contributed by atoms with Crippen LogP contribution in [-0.4, -0.2) is 110 Å². The molecule has 0 aliphatic carbocycles. The van der Waals surface area contributed by atoms with Gasteiger partial charge in [-0.3, -0.25) is 24.5 Å². The van der Waals surface area contributed by atoms with Gasteiger partial charge in [-0.15, -0.1) is 0 Å². The Labute approximate surface area is 348 Å². The van der Waals surface area contributed by atoms with Gasteiger partial charge in [0.1, 0.15) is 55.5 Å². The molecule has 0 spiro atoms. The number of imide groups is 1. The predicted octanol–water partition coefficient (Wildman–Crippen LogP) is 6.75. The van der Waals surface area contributed by atoms with E-state index in [2.05, 4.69) is 16.1 Å². The van der Waals surface area contributed by atoms with Crippen molar-refractivity contribution >= 4 is 26.2 Å². The Morgan fingerprint density at radius 2 is 1.46 bits per heavy atom. The Balaban J connectivity index is 1.62. The van der Waals surface area contributed by atoms with Crippen molar-refractivity contribution < 1.29 is 47.3 Å². The Morgan fingerprint density at radius 3 is 1.95 bits per heavy atom. The van der Waals surface area contributed by atoms with Gasteiger partial charge in [0.05, 0.1) is 33.3 Å². The Kier molecular flexibility index (Phi) is 15.5. The van der Waals surface area contributed by atoms with E-state index in [1.165, 1.54) is 12.0 Å². The summed E-state index contributed by atoms with van der Waals surface area (Å²) in [5.74, 6) is 0.439. The number of methoxy groups -OCH3 is 3. The van der Waals surface area contributed by atoms with E-state index >= 15 is 0 Å². The molecule has 318 valence electrons. The predicted molar refractivity (Wildman–Crippen MR) is 222 cm³/mol. The van der Waals surface area contributed by atoms with Crippen LogP contribution >= 0.6 is 8.30 Å². The Hall–Kier alpha value is -4.61. The molecule has 0 saturated carbocycles. The average molecular weight is 833 g/mol. The molecular formula is C44H57N4O10P. The van der Waals surface area contributed by atoms with Crippen LogP contribution in [0.3, 0.4) is 0 Å². The molecule has 1 N–H and O–H groups in total. The molecule has 5 rings (SSSR count). The number of hydrogen-bond acceptors (Lipinski definition) is 12. The second-order valence-electron chi connectivity index (χ2n) is 15.6. The Morgan fingerprint density at radius 1 is 0.898 bits per heavy atom. The molecule has 1 unspecified atom stereocenters. The van der Waals surface area contributed by atoms with Gasteiger partial charge in [-0.1, -0.05) is 54.6 Å². The highest BCUT2D eigenvalue weighted by molar-refractivity contribution is 7.51. The number of nitrogens with one attached hydrogen (secondary N) is 1. The van der Waals surface area contributed by atoms with Crippen molar-refractivity contribution in [3.05, 3.63) is 95.6 Å². The monoisotopic (exact) mass is 832 g/mol. The van der Waals surface area contributed by atoms with Crippen LogP contribution in [0.1, 0.15) is 71.1 Å². The molecule has 2 saturated heterocycles. The molecule has 0 radical (unpaired) electrons. The third kappa shape index (κ3) is 10.6. The van der Waals surface area contributed by atoms with Crippen molar-refractivity contribution in [3.63, 3.8) is 0 Å². The lowest BCUT2D eigenvalue weighted by atomic mass is 9.80. The van der Waals surface area contributed by atoms with Crippen LogP contribution in [0.25, 0.3) is 0 Å². The van der Waals surface area contributed by atoms with Crippen LogP contribution < -0.4 is 14.8 Å². The third-order valence-corrected chi connectivity index (χ3v) is 12.8. The van der Waals surface area contributed by atoms with Gasteiger partial charge in [0.2, 0.25) is 5.91 Å². The van der Waals surface area contributed by atoms with E-state index in [0.29, 0.717) is 11.5 Å². The molecule has 59 heavy (non-hydrogen) atoms. The lowest BCUT2D eigenvalue weighted by Crippen LogP contribution is -2.57. The second-order valence-corrected chi connectivity index (χ2v) is 17.3. The van der Waals surface area contributed by atoms with E-state index in [1.807, 2.05) is 107 Å². The minimum atomic E-state index is -1.75. The highest BCUT2D eigenvalue weighted by Gasteiger charge is 2.53. The molecule has 3 amide bonds. The van der Waals surface area contributed by atoms with Crippen LogP contribution in [0.4, 0.5) is 4.79 Å². The van der Waals surface area contributed by atoms with E-state index < -0.39 is 56.0 Å². The quantitative estimate of drug-likeness (QED) is 0.0772. The van der Waals surface area contributed by atoms with Crippen LogP contribution in [0.15, 0.2) is 78.9 Å². The fraction of sp³-hybridized carbons (Fsp3) is 0.500. The summed E-state index contributed by atoms with van der Waals surface area (Å²) in [5.41, 5.74) is 0.203. The fourth-order valence-corrected chi connectivity index (χ4v) is 9.87. The molecule has 0 aromatic heterocycles. The maximum absolute atomic E-state index is 13.7. The van der Waals surface area contributed by atoms with Gasteiger partial charge in [0.15, 0.2) is 6.23 Å². The molecule has 2 aliphatic heterocycles. The van der Waals surface area contributed by atoms with Crippen molar-refractivity contribution in [2.45, 2.75) is 102 Å². The smallest absolute Gasteiger partial charge is 0.326 e. The number of rotatable bonds is 19. The number of urea groups is 1.